The van der Waals surface area contributed by atoms with E-state index in [1.807, 2.05) is 13.8 Å². The summed E-state index contributed by atoms with van der Waals surface area (Å²) in [6.07, 6.45) is 10.3. The van der Waals surface area contributed by atoms with Gasteiger partial charge in [0.25, 0.3) is 0 Å². The fraction of sp³-hybridized carbons (Fsp3) is 0.625. The second-order valence-corrected chi connectivity index (χ2v) is 5.48. The number of rotatable bonds is 8. The van der Waals surface area contributed by atoms with Crippen molar-refractivity contribution in [3.8, 4) is 0 Å². The molecule has 1 rings (SSSR count). The number of unbranched alkanes of at least 4 members (excludes halogenated alkanes) is 2. The van der Waals surface area contributed by atoms with E-state index in [4.69, 9.17) is 0 Å². The van der Waals surface area contributed by atoms with Gasteiger partial charge in [-0.3, -0.25) is 9.59 Å². The highest BCUT2D eigenvalue weighted by atomic mass is 16.4. The Morgan fingerprint density at radius 1 is 0.850 bits per heavy atom. The SMILES string of the molecule is CCCC[C@]1(C(=O)O)C=CC=C[C@@]1(CCCC)C(=O)O. The van der Waals surface area contributed by atoms with Gasteiger partial charge in [-0.1, -0.05) is 63.8 Å². The third-order valence-corrected chi connectivity index (χ3v) is 4.28. The summed E-state index contributed by atoms with van der Waals surface area (Å²) in [7, 11) is 0. The molecule has 0 heterocycles. The monoisotopic (exact) mass is 280 g/mol. The molecule has 0 aromatic heterocycles. The van der Waals surface area contributed by atoms with Crippen molar-refractivity contribution >= 4 is 11.9 Å². The molecule has 20 heavy (non-hydrogen) atoms. The number of carbonyl (C=O) groups is 2. The minimum atomic E-state index is -1.33. The van der Waals surface area contributed by atoms with Gasteiger partial charge in [0.15, 0.2) is 0 Å². The number of hydrogen-bond donors (Lipinski definition) is 2. The fourth-order valence-corrected chi connectivity index (χ4v) is 3.00. The van der Waals surface area contributed by atoms with Crippen molar-refractivity contribution in [3.05, 3.63) is 24.3 Å². The largest absolute Gasteiger partial charge is 0.481 e. The van der Waals surface area contributed by atoms with Crippen LogP contribution in [0.4, 0.5) is 0 Å². The highest BCUT2D eigenvalue weighted by Crippen LogP contribution is 2.51. The van der Waals surface area contributed by atoms with Crippen molar-refractivity contribution < 1.29 is 19.8 Å². The zero-order valence-corrected chi connectivity index (χ0v) is 12.3. The van der Waals surface area contributed by atoms with Crippen LogP contribution in [0.3, 0.4) is 0 Å². The first-order chi connectivity index (χ1) is 9.47. The van der Waals surface area contributed by atoms with Crippen LogP contribution in [-0.4, -0.2) is 22.2 Å². The average Bonchev–Trinajstić information content (AvgIpc) is 2.43. The zero-order valence-electron chi connectivity index (χ0n) is 12.3. The summed E-state index contributed by atoms with van der Waals surface area (Å²) in [4.78, 5) is 23.8. The minimum absolute atomic E-state index is 0.357. The number of allylic oxidation sites excluding steroid dienone is 2. The van der Waals surface area contributed by atoms with E-state index in [9.17, 15) is 19.8 Å². The highest BCUT2D eigenvalue weighted by Gasteiger charge is 2.58. The lowest BCUT2D eigenvalue weighted by atomic mass is 9.57. The maximum atomic E-state index is 11.9. The summed E-state index contributed by atoms with van der Waals surface area (Å²) >= 11 is 0. The lowest BCUT2D eigenvalue weighted by molar-refractivity contribution is -0.167. The summed E-state index contributed by atoms with van der Waals surface area (Å²) in [6.45, 7) is 3.96. The van der Waals surface area contributed by atoms with Crippen LogP contribution in [0.1, 0.15) is 52.4 Å². The van der Waals surface area contributed by atoms with Gasteiger partial charge < -0.3 is 10.2 Å². The molecule has 4 heteroatoms. The van der Waals surface area contributed by atoms with Gasteiger partial charge in [-0.2, -0.15) is 0 Å². The predicted molar refractivity (Wildman–Crippen MR) is 77.5 cm³/mol. The molecule has 0 saturated heterocycles. The van der Waals surface area contributed by atoms with Crippen LogP contribution in [0.15, 0.2) is 24.3 Å². The molecule has 0 spiro atoms. The van der Waals surface area contributed by atoms with Crippen LogP contribution in [0.5, 0.6) is 0 Å². The van der Waals surface area contributed by atoms with Crippen LogP contribution in [0.2, 0.25) is 0 Å². The van der Waals surface area contributed by atoms with Crippen molar-refractivity contribution in [2.75, 3.05) is 0 Å². The Kier molecular flexibility index (Phi) is 5.54. The molecular formula is C16H24O4. The molecule has 2 N–H and O–H groups in total. The van der Waals surface area contributed by atoms with Crippen molar-refractivity contribution in [2.45, 2.75) is 52.4 Å². The van der Waals surface area contributed by atoms with E-state index in [-0.39, 0.29) is 0 Å². The molecule has 0 saturated carbocycles. The second kappa shape index (κ2) is 6.73. The van der Waals surface area contributed by atoms with Gasteiger partial charge in [-0.25, -0.2) is 0 Å². The zero-order chi connectivity index (χ0) is 15.2. The summed E-state index contributed by atoms with van der Waals surface area (Å²) < 4.78 is 0. The molecule has 0 bridgehead atoms. The summed E-state index contributed by atoms with van der Waals surface area (Å²) in [5.41, 5.74) is -2.67. The number of aliphatic carboxylic acids is 2. The predicted octanol–water partition coefficient (Wildman–Crippen LogP) is 3.63. The van der Waals surface area contributed by atoms with Crippen molar-refractivity contribution in [1.29, 1.82) is 0 Å². The van der Waals surface area contributed by atoms with Crippen LogP contribution in [0, 0.1) is 10.8 Å². The average molecular weight is 280 g/mol. The Morgan fingerprint density at radius 2 is 1.20 bits per heavy atom. The summed E-state index contributed by atoms with van der Waals surface area (Å²) in [6, 6.07) is 0. The van der Waals surface area contributed by atoms with Crippen LogP contribution >= 0.6 is 0 Å². The Labute approximate surface area is 120 Å². The molecular weight excluding hydrogens is 256 g/mol. The molecule has 0 fully saturated rings. The van der Waals surface area contributed by atoms with E-state index in [1.54, 1.807) is 24.3 Å². The quantitative estimate of drug-likeness (QED) is 0.712. The first kappa shape index (κ1) is 16.5. The molecule has 4 nitrogen and oxygen atoms in total. The molecule has 0 aliphatic heterocycles. The van der Waals surface area contributed by atoms with Crippen LogP contribution in [-0.2, 0) is 9.59 Å². The van der Waals surface area contributed by atoms with E-state index >= 15 is 0 Å². The number of hydrogen-bond acceptors (Lipinski definition) is 2. The van der Waals surface area contributed by atoms with Gasteiger partial charge in [0.1, 0.15) is 10.8 Å². The molecule has 0 aromatic carbocycles. The fourth-order valence-electron chi connectivity index (χ4n) is 3.00. The smallest absolute Gasteiger partial charge is 0.315 e. The third-order valence-electron chi connectivity index (χ3n) is 4.28. The summed E-state index contributed by atoms with van der Waals surface area (Å²) in [5, 5.41) is 19.5. The molecule has 0 radical (unpaired) electrons. The molecule has 2 atom stereocenters. The Bertz CT molecular complexity index is 384. The first-order valence-corrected chi connectivity index (χ1v) is 7.30. The van der Waals surface area contributed by atoms with E-state index in [2.05, 4.69) is 0 Å². The molecule has 0 unspecified atom stereocenters. The molecule has 0 aromatic rings. The van der Waals surface area contributed by atoms with Crippen molar-refractivity contribution in [2.24, 2.45) is 10.8 Å². The Hall–Kier alpha value is -1.58. The first-order valence-electron chi connectivity index (χ1n) is 7.30. The normalized spacial score (nSPS) is 28.5. The third kappa shape index (κ3) is 2.65. The molecule has 1 aliphatic rings. The topological polar surface area (TPSA) is 74.6 Å². The van der Waals surface area contributed by atoms with E-state index in [1.165, 1.54) is 0 Å². The van der Waals surface area contributed by atoms with E-state index < -0.39 is 22.8 Å². The maximum Gasteiger partial charge on any atom is 0.315 e. The molecule has 0 amide bonds. The van der Waals surface area contributed by atoms with Gasteiger partial charge >= 0.3 is 11.9 Å². The van der Waals surface area contributed by atoms with Crippen molar-refractivity contribution in [3.63, 3.8) is 0 Å². The van der Waals surface area contributed by atoms with Gasteiger partial charge in [0, 0.05) is 0 Å². The van der Waals surface area contributed by atoms with Crippen LogP contribution in [0.25, 0.3) is 0 Å². The summed E-state index contributed by atoms with van der Waals surface area (Å²) in [5.74, 6) is -2.07. The lowest BCUT2D eigenvalue weighted by Crippen LogP contribution is -2.51. The van der Waals surface area contributed by atoms with Crippen molar-refractivity contribution in [1.82, 2.24) is 0 Å². The Balaban J connectivity index is 3.32. The van der Waals surface area contributed by atoms with Gasteiger partial charge in [0.05, 0.1) is 0 Å². The van der Waals surface area contributed by atoms with Gasteiger partial charge in [-0.05, 0) is 12.8 Å². The maximum absolute atomic E-state index is 11.9. The number of carboxylic acids is 2. The van der Waals surface area contributed by atoms with E-state index in [0.29, 0.717) is 25.7 Å². The lowest BCUT2D eigenvalue weighted by Gasteiger charge is -2.43. The number of carboxylic acid groups (broad SMARTS) is 2. The van der Waals surface area contributed by atoms with E-state index in [0.717, 1.165) is 12.8 Å². The molecule has 1 aliphatic carbocycles. The van der Waals surface area contributed by atoms with Crippen LogP contribution < -0.4 is 0 Å². The van der Waals surface area contributed by atoms with Gasteiger partial charge in [-0.15, -0.1) is 0 Å². The minimum Gasteiger partial charge on any atom is -0.481 e. The second-order valence-electron chi connectivity index (χ2n) is 5.48. The Morgan fingerprint density at radius 3 is 1.45 bits per heavy atom. The standard InChI is InChI=1S/C16H24O4/c1-3-5-9-15(13(17)18)11-7-8-12-16(15,14(19)20)10-6-4-2/h7-8,11-12H,3-6,9-10H2,1-2H3,(H,17,18)(H,19,20)/t15-,16+. The highest BCUT2D eigenvalue weighted by molar-refractivity contribution is 5.90. The molecule has 112 valence electrons. The van der Waals surface area contributed by atoms with Gasteiger partial charge in [0.2, 0.25) is 0 Å².